The van der Waals surface area contributed by atoms with E-state index in [0.717, 1.165) is 22.4 Å². The van der Waals surface area contributed by atoms with Gasteiger partial charge in [-0.25, -0.2) is 0 Å². The van der Waals surface area contributed by atoms with Gasteiger partial charge in [0.1, 0.15) is 0 Å². The summed E-state index contributed by atoms with van der Waals surface area (Å²) in [5, 5.41) is 3.03. The first-order valence-corrected chi connectivity index (χ1v) is 8.55. The fourth-order valence-corrected chi connectivity index (χ4v) is 2.44. The zero-order valence-corrected chi connectivity index (χ0v) is 16.0. The Labute approximate surface area is 159 Å². The van der Waals surface area contributed by atoms with E-state index < -0.39 is 5.91 Å². The Hall–Kier alpha value is -3.22. The van der Waals surface area contributed by atoms with Crippen molar-refractivity contribution in [1.29, 1.82) is 0 Å². The highest BCUT2D eigenvalue weighted by molar-refractivity contribution is 5.85. The van der Waals surface area contributed by atoms with E-state index in [9.17, 15) is 9.59 Å². The molecule has 3 N–H and O–H groups in total. The third kappa shape index (κ3) is 6.22. The number of methoxy groups -OCH3 is 1. The minimum absolute atomic E-state index is 0.0385. The molecule has 0 aromatic heterocycles. The van der Waals surface area contributed by atoms with E-state index in [1.165, 1.54) is 7.11 Å². The third-order valence-corrected chi connectivity index (χ3v) is 3.84. The molecule has 0 saturated carbocycles. The number of ether oxygens (including phenoxy) is 2. The normalized spacial score (nSPS) is 10.1. The molecule has 0 atom stereocenters. The van der Waals surface area contributed by atoms with Crippen LogP contribution in [-0.4, -0.2) is 32.1 Å². The van der Waals surface area contributed by atoms with Crippen LogP contribution in [-0.2, 0) is 9.59 Å². The molecule has 0 aliphatic heterocycles. The summed E-state index contributed by atoms with van der Waals surface area (Å²) in [6.45, 7) is 5.70. The van der Waals surface area contributed by atoms with Crippen LogP contribution in [0.4, 0.5) is 5.69 Å². The molecule has 2 aromatic rings. The molecule has 2 amide bonds. The van der Waals surface area contributed by atoms with E-state index in [0.29, 0.717) is 11.5 Å². The summed E-state index contributed by atoms with van der Waals surface area (Å²) >= 11 is 0. The lowest BCUT2D eigenvalue weighted by molar-refractivity contribution is -0.129. The number of hydrogen-bond donors (Lipinski definition) is 3. The van der Waals surface area contributed by atoms with E-state index in [-0.39, 0.29) is 19.1 Å². The molecule has 0 fully saturated rings. The van der Waals surface area contributed by atoms with Crippen molar-refractivity contribution in [3.8, 4) is 11.5 Å². The second kappa shape index (κ2) is 9.47. The predicted octanol–water partition coefficient (Wildman–Crippen LogP) is 2.26. The molecule has 0 heterocycles. The summed E-state index contributed by atoms with van der Waals surface area (Å²) in [5.74, 6) is 0.166. The van der Waals surface area contributed by atoms with Crippen molar-refractivity contribution >= 4 is 17.5 Å². The first-order chi connectivity index (χ1) is 12.9. The van der Waals surface area contributed by atoms with Gasteiger partial charge in [0.2, 0.25) is 0 Å². The Morgan fingerprint density at radius 1 is 0.889 bits per heavy atom. The van der Waals surface area contributed by atoms with Crippen molar-refractivity contribution in [1.82, 2.24) is 10.9 Å². The van der Waals surface area contributed by atoms with Crippen LogP contribution in [0.5, 0.6) is 11.5 Å². The number of carbonyl (C=O) groups excluding carboxylic acids is 2. The minimum atomic E-state index is -0.475. The number of hydrazine groups is 1. The van der Waals surface area contributed by atoms with Crippen LogP contribution in [0.1, 0.15) is 16.7 Å². The molecular weight excluding hydrogens is 346 g/mol. The maximum Gasteiger partial charge on any atom is 0.276 e. The number of anilines is 1. The Bertz CT molecular complexity index is 821. The number of aryl methyl sites for hydroxylation is 3. The van der Waals surface area contributed by atoms with Gasteiger partial charge in [-0.15, -0.1) is 0 Å². The maximum atomic E-state index is 11.9. The minimum Gasteiger partial charge on any atom is -0.493 e. The van der Waals surface area contributed by atoms with Gasteiger partial charge in [-0.3, -0.25) is 20.4 Å². The molecule has 0 unspecified atom stereocenters. The van der Waals surface area contributed by atoms with Crippen LogP contribution in [0.2, 0.25) is 0 Å². The Kier molecular flexibility index (Phi) is 7.05. The van der Waals surface area contributed by atoms with Crippen LogP contribution in [0.3, 0.4) is 0 Å². The summed E-state index contributed by atoms with van der Waals surface area (Å²) in [6.07, 6.45) is 0. The van der Waals surface area contributed by atoms with Crippen LogP contribution in [0.25, 0.3) is 0 Å². The molecule has 2 rings (SSSR count). The summed E-state index contributed by atoms with van der Waals surface area (Å²) in [5.41, 5.74) is 8.76. The third-order valence-electron chi connectivity index (χ3n) is 3.84. The SMILES string of the molecule is COc1cc(C)ccc1OCC(=O)NNC(=O)CNc1ccc(C)cc1C. The fraction of sp³-hybridized carbons (Fsp3) is 0.300. The lowest BCUT2D eigenvalue weighted by atomic mass is 10.1. The van der Waals surface area contributed by atoms with E-state index >= 15 is 0 Å². The number of nitrogens with one attached hydrogen (secondary N) is 3. The highest BCUT2D eigenvalue weighted by Gasteiger charge is 2.09. The molecule has 0 aliphatic carbocycles. The second-order valence-corrected chi connectivity index (χ2v) is 6.21. The molecule has 27 heavy (non-hydrogen) atoms. The first-order valence-electron chi connectivity index (χ1n) is 8.55. The first kappa shape index (κ1) is 20.1. The van der Waals surface area contributed by atoms with Gasteiger partial charge in [0, 0.05) is 5.69 Å². The number of amides is 2. The van der Waals surface area contributed by atoms with E-state index in [4.69, 9.17) is 9.47 Å². The van der Waals surface area contributed by atoms with Gasteiger partial charge >= 0.3 is 0 Å². The summed E-state index contributed by atoms with van der Waals surface area (Å²) < 4.78 is 10.6. The van der Waals surface area contributed by atoms with Crippen LogP contribution >= 0.6 is 0 Å². The monoisotopic (exact) mass is 371 g/mol. The zero-order valence-electron chi connectivity index (χ0n) is 16.0. The van der Waals surface area contributed by atoms with Gasteiger partial charge in [0.15, 0.2) is 18.1 Å². The van der Waals surface area contributed by atoms with Gasteiger partial charge in [0.25, 0.3) is 11.8 Å². The van der Waals surface area contributed by atoms with Gasteiger partial charge < -0.3 is 14.8 Å². The smallest absolute Gasteiger partial charge is 0.276 e. The number of carbonyl (C=O) groups is 2. The van der Waals surface area contributed by atoms with Crippen molar-refractivity contribution < 1.29 is 19.1 Å². The Balaban J connectivity index is 1.74. The Morgan fingerprint density at radius 3 is 2.26 bits per heavy atom. The van der Waals surface area contributed by atoms with Crippen molar-refractivity contribution in [3.63, 3.8) is 0 Å². The molecule has 0 radical (unpaired) electrons. The average Bonchev–Trinajstić information content (AvgIpc) is 2.64. The van der Waals surface area contributed by atoms with Crippen LogP contribution in [0.15, 0.2) is 36.4 Å². The maximum absolute atomic E-state index is 11.9. The molecule has 2 aromatic carbocycles. The van der Waals surface area contributed by atoms with Crippen molar-refractivity contribution in [2.75, 3.05) is 25.6 Å². The molecule has 0 spiro atoms. The topological polar surface area (TPSA) is 88.7 Å². The highest BCUT2D eigenvalue weighted by Crippen LogP contribution is 2.27. The second-order valence-electron chi connectivity index (χ2n) is 6.21. The molecule has 0 aliphatic rings. The van der Waals surface area contributed by atoms with Crippen molar-refractivity contribution in [2.45, 2.75) is 20.8 Å². The van der Waals surface area contributed by atoms with E-state index in [2.05, 4.69) is 16.2 Å². The molecule has 0 saturated heterocycles. The van der Waals surface area contributed by atoms with Gasteiger partial charge in [-0.1, -0.05) is 23.8 Å². The standard InChI is InChI=1S/C20H25N3O4/c1-13-5-7-16(15(3)9-13)21-11-19(24)22-23-20(25)12-27-17-8-6-14(2)10-18(17)26-4/h5-10,21H,11-12H2,1-4H3,(H,22,24)(H,23,25). The number of benzene rings is 2. The molecular formula is C20H25N3O4. The quantitative estimate of drug-likeness (QED) is 0.650. The van der Waals surface area contributed by atoms with Gasteiger partial charge in [-0.05, 0) is 50.1 Å². The van der Waals surface area contributed by atoms with Crippen molar-refractivity contribution in [2.24, 2.45) is 0 Å². The lowest BCUT2D eigenvalue weighted by Gasteiger charge is -2.13. The molecule has 7 heteroatoms. The average molecular weight is 371 g/mol. The van der Waals surface area contributed by atoms with Gasteiger partial charge in [0.05, 0.1) is 13.7 Å². The van der Waals surface area contributed by atoms with Gasteiger partial charge in [-0.2, -0.15) is 0 Å². The Morgan fingerprint density at radius 2 is 1.56 bits per heavy atom. The molecule has 0 bridgehead atoms. The predicted molar refractivity (Wildman–Crippen MR) is 104 cm³/mol. The number of rotatable bonds is 7. The van der Waals surface area contributed by atoms with Crippen LogP contribution < -0.4 is 25.6 Å². The van der Waals surface area contributed by atoms with Crippen LogP contribution in [0, 0.1) is 20.8 Å². The van der Waals surface area contributed by atoms with E-state index in [1.54, 1.807) is 6.07 Å². The zero-order chi connectivity index (χ0) is 19.8. The summed E-state index contributed by atoms with van der Waals surface area (Å²) in [4.78, 5) is 23.7. The molecule has 7 nitrogen and oxygen atoms in total. The fourth-order valence-electron chi connectivity index (χ4n) is 2.44. The summed E-state index contributed by atoms with van der Waals surface area (Å²) in [6, 6.07) is 11.3. The molecule has 144 valence electrons. The van der Waals surface area contributed by atoms with Crippen molar-refractivity contribution in [3.05, 3.63) is 53.1 Å². The largest absolute Gasteiger partial charge is 0.493 e. The summed E-state index contributed by atoms with van der Waals surface area (Å²) in [7, 11) is 1.53. The highest BCUT2D eigenvalue weighted by atomic mass is 16.5. The van der Waals surface area contributed by atoms with E-state index in [1.807, 2.05) is 51.1 Å². The lowest BCUT2D eigenvalue weighted by Crippen LogP contribution is -2.46. The number of hydrogen-bond acceptors (Lipinski definition) is 5.